The summed E-state index contributed by atoms with van der Waals surface area (Å²) in [4.78, 5) is 14.2. The molecular weight excluding hydrogens is 228 g/mol. The highest BCUT2D eigenvalue weighted by Gasteiger charge is 2.07. The van der Waals surface area contributed by atoms with Gasteiger partial charge in [0.15, 0.2) is 0 Å². The first-order valence-corrected chi connectivity index (χ1v) is 5.83. The van der Waals surface area contributed by atoms with Gasteiger partial charge in [0.25, 0.3) is 0 Å². The van der Waals surface area contributed by atoms with Gasteiger partial charge in [-0.05, 0) is 18.9 Å². The molecule has 0 saturated carbocycles. The van der Waals surface area contributed by atoms with Crippen LogP contribution in [0.15, 0.2) is 23.3 Å². The van der Waals surface area contributed by atoms with Crippen LogP contribution in [0.1, 0.15) is 13.3 Å². The van der Waals surface area contributed by atoms with Gasteiger partial charge in [-0.15, -0.1) is 0 Å². The highest BCUT2D eigenvalue weighted by atomic mass is 15.3. The second kappa shape index (κ2) is 5.03. The van der Waals surface area contributed by atoms with Gasteiger partial charge in [0.1, 0.15) is 0 Å². The van der Waals surface area contributed by atoms with Crippen LogP contribution in [0.2, 0.25) is 0 Å². The standard InChI is InChI=1S/C12H18N6/c1-8-4-5-9(6-8)7-14-11-15-10(13)16-12(17-11)18(2)3/h5-6H,4,7H2,1-3H3,(H3,13,14,15,16,17). The van der Waals surface area contributed by atoms with E-state index in [0.717, 1.165) is 6.42 Å². The van der Waals surface area contributed by atoms with Crippen molar-refractivity contribution in [3.8, 4) is 0 Å². The van der Waals surface area contributed by atoms with Gasteiger partial charge >= 0.3 is 0 Å². The Morgan fingerprint density at radius 2 is 2.11 bits per heavy atom. The van der Waals surface area contributed by atoms with E-state index in [1.54, 1.807) is 4.90 Å². The number of allylic oxidation sites excluding steroid dienone is 2. The summed E-state index contributed by atoms with van der Waals surface area (Å²) < 4.78 is 0. The van der Waals surface area contributed by atoms with Crippen LogP contribution < -0.4 is 16.0 Å². The summed E-state index contributed by atoms with van der Waals surface area (Å²) >= 11 is 0. The Morgan fingerprint density at radius 3 is 2.72 bits per heavy atom. The van der Waals surface area contributed by atoms with Crippen LogP contribution in [-0.2, 0) is 0 Å². The normalized spacial score (nSPS) is 14.2. The maximum Gasteiger partial charge on any atom is 0.231 e. The molecule has 1 aromatic heterocycles. The molecule has 0 aromatic carbocycles. The zero-order valence-corrected chi connectivity index (χ0v) is 10.9. The van der Waals surface area contributed by atoms with Crippen molar-refractivity contribution in [2.24, 2.45) is 0 Å². The fraction of sp³-hybridized carbons (Fsp3) is 0.417. The molecule has 0 saturated heterocycles. The smallest absolute Gasteiger partial charge is 0.231 e. The predicted octanol–water partition coefficient (Wildman–Crippen LogP) is 1.21. The van der Waals surface area contributed by atoms with Crippen LogP contribution in [0.3, 0.4) is 0 Å². The molecule has 3 N–H and O–H groups in total. The van der Waals surface area contributed by atoms with Crippen LogP contribution in [0, 0.1) is 0 Å². The minimum absolute atomic E-state index is 0.225. The lowest BCUT2D eigenvalue weighted by atomic mass is 10.3. The van der Waals surface area contributed by atoms with Gasteiger partial charge in [-0.2, -0.15) is 15.0 Å². The van der Waals surface area contributed by atoms with Gasteiger partial charge in [0, 0.05) is 20.6 Å². The summed E-state index contributed by atoms with van der Waals surface area (Å²) in [7, 11) is 3.73. The molecule has 18 heavy (non-hydrogen) atoms. The topological polar surface area (TPSA) is 80.0 Å². The van der Waals surface area contributed by atoms with Crippen LogP contribution in [0.4, 0.5) is 17.8 Å². The van der Waals surface area contributed by atoms with Crippen molar-refractivity contribution in [2.45, 2.75) is 13.3 Å². The van der Waals surface area contributed by atoms with Crippen molar-refractivity contribution in [2.75, 3.05) is 36.6 Å². The zero-order chi connectivity index (χ0) is 13.1. The molecule has 1 aromatic rings. The second-order valence-corrected chi connectivity index (χ2v) is 4.54. The molecule has 0 amide bonds. The molecule has 6 heteroatoms. The second-order valence-electron chi connectivity index (χ2n) is 4.54. The van der Waals surface area contributed by atoms with Gasteiger partial charge < -0.3 is 16.0 Å². The summed E-state index contributed by atoms with van der Waals surface area (Å²) in [6.45, 7) is 2.82. The van der Waals surface area contributed by atoms with E-state index in [2.05, 4.69) is 39.3 Å². The van der Waals surface area contributed by atoms with Crippen LogP contribution >= 0.6 is 0 Å². The molecule has 1 aliphatic rings. The van der Waals surface area contributed by atoms with Gasteiger partial charge in [0.05, 0.1) is 0 Å². The Kier molecular flexibility index (Phi) is 3.45. The SMILES string of the molecule is CC1=CC(CNc2nc(N)nc(N(C)C)n2)=CC1. The number of hydrogen-bond donors (Lipinski definition) is 2. The largest absolute Gasteiger partial charge is 0.368 e. The molecule has 0 unspecified atom stereocenters. The lowest BCUT2D eigenvalue weighted by Gasteiger charge is -2.12. The Balaban J connectivity index is 2.05. The number of nitrogens with zero attached hydrogens (tertiary/aromatic N) is 4. The monoisotopic (exact) mass is 246 g/mol. The quantitative estimate of drug-likeness (QED) is 0.831. The van der Waals surface area contributed by atoms with Crippen molar-refractivity contribution >= 4 is 17.8 Å². The van der Waals surface area contributed by atoms with Crippen molar-refractivity contribution in [3.05, 3.63) is 23.3 Å². The van der Waals surface area contributed by atoms with Crippen molar-refractivity contribution in [1.29, 1.82) is 0 Å². The highest BCUT2D eigenvalue weighted by Crippen LogP contribution is 2.17. The third kappa shape index (κ3) is 2.97. The summed E-state index contributed by atoms with van der Waals surface area (Å²) in [6.07, 6.45) is 5.39. The molecule has 0 bridgehead atoms. The third-order valence-electron chi connectivity index (χ3n) is 2.61. The molecule has 1 aliphatic carbocycles. The molecule has 96 valence electrons. The summed E-state index contributed by atoms with van der Waals surface area (Å²) in [5.74, 6) is 1.28. The number of nitrogen functional groups attached to an aromatic ring is 1. The minimum Gasteiger partial charge on any atom is -0.368 e. The number of aromatic nitrogens is 3. The third-order valence-corrected chi connectivity index (χ3v) is 2.61. The Bertz CT molecular complexity index is 503. The maximum atomic E-state index is 5.65. The van der Waals surface area contributed by atoms with E-state index in [1.165, 1.54) is 11.1 Å². The number of nitrogens with two attached hydrogens (primary N) is 1. The number of rotatable bonds is 4. The van der Waals surface area contributed by atoms with Gasteiger partial charge in [-0.25, -0.2) is 0 Å². The number of nitrogens with one attached hydrogen (secondary N) is 1. The molecule has 0 spiro atoms. The van der Waals surface area contributed by atoms with Gasteiger partial charge in [0.2, 0.25) is 17.8 Å². The summed E-state index contributed by atoms with van der Waals surface area (Å²) in [5, 5.41) is 3.16. The van der Waals surface area contributed by atoms with Gasteiger partial charge in [-0.1, -0.05) is 17.7 Å². The molecule has 0 radical (unpaired) electrons. The molecule has 0 fully saturated rings. The lowest BCUT2D eigenvalue weighted by Crippen LogP contribution is -2.17. The van der Waals surface area contributed by atoms with Crippen LogP contribution in [-0.4, -0.2) is 35.6 Å². The predicted molar refractivity (Wildman–Crippen MR) is 73.5 cm³/mol. The number of hydrogen-bond acceptors (Lipinski definition) is 6. The van der Waals surface area contributed by atoms with Crippen molar-refractivity contribution in [3.63, 3.8) is 0 Å². The van der Waals surface area contributed by atoms with E-state index in [0.29, 0.717) is 18.4 Å². The van der Waals surface area contributed by atoms with Gasteiger partial charge in [-0.3, -0.25) is 0 Å². The fourth-order valence-electron chi connectivity index (χ4n) is 1.69. The van der Waals surface area contributed by atoms with Crippen LogP contribution in [0.5, 0.6) is 0 Å². The molecular formula is C12H18N6. The summed E-state index contributed by atoms with van der Waals surface area (Å²) in [5.41, 5.74) is 8.27. The minimum atomic E-state index is 0.225. The van der Waals surface area contributed by atoms with Crippen LogP contribution in [0.25, 0.3) is 0 Å². The van der Waals surface area contributed by atoms with E-state index in [1.807, 2.05) is 14.1 Å². The van der Waals surface area contributed by atoms with E-state index < -0.39 is 0 Å². The van der Waals surface area contributed by atoms with E-state index in [4.69, 9.17) is 5.73 Å². The number of anilines is 3. The van der Waals surface area contributed by atoms with E-state index in [9.17, 15) is 0 Å². The average Bonchev–Trinajstić information content (AvgIpc) is 2.72. The first kappa shape index (κ1) is 12.3. The first-order chi connectivity index (χ1) is 8.54. The molecule has 6 nitrogen and oxygen atoms in total. The van der Waals surface area contributed by atoms with E-state index in [-0.39, 0.29) is 5.95 Å². The first-order valence-electron chi connectivity index (χ1n) is 5.83. The molecule has 0 atom stereocenters. The Labute approximate surface area is 107 Å². The Hall–Kier alpha value is -2.11. The Morgan fingerprint density at radius 1 is 1.33 bits per heavy atom. The molecule has 1 heterocycles. The zero-order valence-electron chi connectivity index (χ0n) is 10.9. The van der Waals surface area contributed by atoms with Crippen molar-refractivity contribution in [1.82, 2.24) is 15.0 Å². The summed E-state index contributed by atoms with van der Waals surface area (Å²) in [6, 6.07) is 0. The van der Waals surface area contributed by atoms with Crippen molar-refractivity contribution < 1.29 is 0 Å². The van der Waals surface area contributed by atoms with E-state index >= 15 is 0 Å². The highest BCUT2D eigenvalue weighted by molar-refractivity contribution is 5.43. The average molecular weight is 246 g/mol. The lowest BCUT2D eigenvalue weighted by molar-refractivity contribution is 0.960. The fourth-order valence-corrected chi connectivity index (χ4v) is 1.69. The molecule has 0 aliphatic heterocycles. The maximum absolute atomic E-state index is 5.65. The molecule has 2 rings (SSSR count).